The van der Waals surface area contributed by atoms with Crippen molar-refractivity contribution in [1.29, 1.82) is 0 Å². The van der Waals surface area contributed by atoms with Crippen LogP contribution in [-0.2, 0) is 9.59 Å². The van der Waals surface area contributed by atoms with Gasteiger partial charge in [0.25, 0.3) is 0 Å². The topological polar surface area (TPSA) is 66.4 Å². The van der Waals surface area contributed by atoms with Crippen molar-refractivity contribution in [3.8, 4) is 0 Å². The van der Waals surface area contributed by atoms with E-state index in [1.54, 1.807) is 36.0 Å². The van der Waals surface area contributed by atoms with Crippen LogP contribution in [0.25, 0.3) is 0 Å². The zero-order valence-electron chi connectivity index (χ0n) is 10.5. The molecular formula is C14H17NO3S. The van der Waals surface area contributed by atoms with E-state index in [2.05, 4.69) is 5.32 Å². The quantitative estimate of drug-likeness (QED) is 0.863. The molecule has 0 aliphatic carbocycles. The number of benzene rings is 1. The van der Waals surface area contributed by atoms with Gasteiger partial charge in [-0.25, -0.2) is 0 Å². The average molecular weight is 279 g/mol. The lowest BCUT2D eigenvalue weighted by Crippen LogP contribution is -2.36. The van der Waals surface area contributed by atoms with E-state index in [0.29, 0.717) is 0 Å². The second-order valence-electron chi connectivity index (χ2n) is 4.55. The highest BCUT2D eigenvalue weighted by atomic mass is 32.2. The number of carboxylic acid groups (broad SMARTS) is 1. The van der Waals surface area contributed by atoms with E-state index in [0.717, 1.165) is 24.2 Å². The smallest absolute Gasteiger partial charge is 0.312 e. The molecule has 102 valence electrons. The van der Waals surface area contributed by atoms with Gasteiger partial charge >= 0.3 is 5.97 Å². The summed E-state index contributed by atoms with van der Waals surface area (Å²) in [5, 5.41) is 12.0. The minimum atomic E-state index is -0.912. The van der Waals surface area contributed by atoms with Crippen LogP contribution in [0.3, 0.4) is 0 Å². The van der Waals surface area contributed by atoms with Gasteiger partial charge in [0.1, 0.15) is 0 Å². The Kier molecular flexibility index (Phi) is 4.85. The van der Waals surface area contributed by atoms with Gasteiger partial charge in [-0.15, -0.1) is 11.8 Å². The molecule has 2 rings (SSSR count). The van der Waals surface area contributed by atoms with Crippen molar-refractivity contribution < 1.29 is 14.7 Å². The van der Waals surface area contributed by atoms with E-state index in [1.807, 2.05) is 6.07 Å². The molecule has 1 saturated heterocycles. The van der Waals surface area contributed by atoms with Gasteiger partial charge < -0.3 is 10.4 Å². The SMILES string of the molecule is O=C(NCC(C(=O)O)c1ccccc1)C1CCCS1. The Labute approximate surface area is 116 Å². The van der Waals surface area contributed by atoms with Gasteiger partial charge in [0.2, 0.25) is 5.91 Å². The highest BCUT2D eigenvalue weighted by Gasteiger charge is 2.25. The first-order chi connectivity index (χ1) is 9.18. The summed E-state index contributed by atoms with van der Waals surface area (Å²) in [5.74, 6) is -0.620. The van der Waals surface area contributed by atoms with Gasteiger partial charge in [-0.2, -0.15) is 0 Å². The van der Waals surface area contributed by atoms with Gasteiger partial charge in [-0.3, -0.25) is 9.59 Å². The van der Waals surface area contributed by atoms with E-state index < -0.39 is 11.9 Å². The summed E-state index contributed by atoms with van der Waals surface area (Å²) in [7, 11) is 0. The molecule has 0 aromatic heterocycles. The summed E-state index contributed by atoms with van der Waals surface area (Å²) in [5.41, 5.74) is 0.717. The highest BCUT2D eigenvalue weighted by molar-refractivity contribution is 8.00. The van der Waals surface area contributed by atoms with E-state index in [4.69, 9.17) is 0 Å². The van der Waals surface area contributed by atoms with Gasteiger partial charge in [-0.1, -0.05) is 30.3 Å². The third-order valence-corrected chi connectivity index (χ3v) is 4.58. The van der Waals surface area contributed by atoms with Crippen molar-refractivity contribution in [3.63, 3.8) is 0 Å². The number of carboxylic acids is 1. The number of nitrogens with one attached hydrogen (secondary N) is 1. The fourth-order valence-electron chi connectivity index (χ4n) is 2.13. The number of rotatable bonds is 5. The molecular weight excluding hydrogens is 262 g/mol. The molecule has 1 aromatic carbocycles. The normalized spacial score (nSPS) is 19.9. The number of aliphatic carboxylic acids is 1. The fourth-order valence-corrected chi connectivity index (χ4v) is 3.32. The van der Waals surface area contributed by atoms with E-state index in [1.165, 1.54) is 0 Å². The summed E-state index contributed by atoms with van der Waals surface area (Å²) in [6.07, 6.45) is 1.95. The molecule has 0 radical (unpaired) electrons. The summed E-state index contributed by atoms with van der Waals surface area (Å²) in [6.45, 7) is 0.148. The number of thioether (sulfide) groups is 1. The maximum absolute atomic E-state index is 11.9. The van der Waals surface area contributed by atoms with Gasteiger partial charge in [0.15, 0.2) is 0 Å². The van der Waals surface area contributed by atoms with Crippen LogP contribution in [-0.4, -0.2) is 34.5 Å². The number of amides is 1. The van der Waals surface area contributed by atoms with Gasteiger partial charge in [0, 0.05) is 6.54 Å². The van der Waals surface area contributed by atoms with E-state index >= 15 is 0 Å². The first-order valence-corrected chi connectivity index (χ1v) is 7.40. The molecule has 2 atom stereocenters. The maximum Gasteiger partial charge on any atom is 0.312 e. The molecule has 0 spiro atoms. The molecule has 1 heterocycles. The summed E-state index contributed by atoms with van der Waals surface area (Å²) in [4.78, 5) is 23.2. The molecule has 4 nitrogen and oxygen atoms in total. The Bertz CT molecular complexity index is 443. The second kappa shape index (κ2) is 6.61. The van der Waals surface area contributed by atoms with Crippen molar-refractivity contribution in [2.45, 2.75) is 24.0 Å². The van der Waals surface area contributed by atoms with E-state index in [9.17, 15) is 14.7 Å². The van der Waals surface area contributed by atoms with E-state index in [-0.39, 0.29) is 17.7 Å². The Morgan fingerprint density at radius 1 is 1.37 bits per heavy atom. The lowest BCUT2D eigenvalue weighted by molar-refractivity contribution is -0.138. The minimum Gasteiger partial charge on any atom is -0.481 e. The molecule has 1 fully saturated rings. The van der Waals surface area contributed by atoms with Crippen LogP contribution >= 0.6 is 11.8 Å². The maximum atomic E-state index is 11.9. The number of hydrogen-bond acceptors (Lipinski definition) is 3. The highest BCUT2D eigenvalue weighted by Crippen LogP contribution is 2.26. The summed E-state index contributed by atoms with van der Waals surface area (Å²) < 4.78 is 0. The first-order valence-electron chi connectivity index (χ1n) is 6.35. The summed E-state index contributed by atoms with van der Waals surface area (Å²) in [6, 6.07) is 9.00. The van der Waals surface area contributed by atoms with Crippen LogP contribution < -0.4 is 5.32 Å². The predicted octanol–water partition coefficient (Wildman–Crippen LogP) is 1.87. The number of carbonyl (C=O) groups is 2. The van der Waals surface area contributed by atoms with Crippen LogP contribution in [0.15, 0.2) is 30.3 Å². The molecule has 2 unspecified atom stereocenters. The molecule has 0 bridgehead atoms. The fraction of sp³-hybridized carbons (Fsp3) is 0.429. The van der Waals surface area contributed by atoms with Crippen molar-refractivity contribution in [2.75, 3.05) is 12.3 Å². The molecule has 1 aliphatic heterocycles. The van der Waals surface area contributed by atoms with Gasteiger partial charge in [-0.05, 0) is 24.2 Å². The molecule has 2 N–H and O–H groups in total. The van der Waals surface area contributed by atoms with Crippen molar-refractivity contribution >= 4 is 23.6 Å². The van der Waals surface area contributed by atoms with Crippen LogP contribution in [0.4, 0.5) is 0 Å². The van der Waals surface area contributed by atoms with Gasteiger partial charge in [0.05, 0.1) is 11.2 Å². The van der Waals surface area contributed by atoms with Crippen LogP contribution in [0.5, 0.6) is 0 Å². The molecule has 19 heavy (non-hydrogen) atoms. The lowest BCUT2D eigenvalue weighted by atomic mass is 9.99. The average Bonchev–Trinajstić information content (AvgIpc) is 2.93. The second-order valence-corrected chi connectivity index (χ2v) is 5.86. The standard InChI is InChI=1S/C14H17NO3S/c16-13(12-7-4-8-19-12)15-9-11(14(17)18)10-5-2-1-3-6-10/h1-3,5-6,11-12H,4,7-9H2,(H,15,16)(H,17,18). The predicted molar refractivity (Wildman–Crippen MR) is 75.3 cm³/mol. The Balaban J connectivity index is 1.94. The summed E-state index contributed by atoms with van der Waals surface area (Å²) >= 11 is 1.65. The zero-order chi connectivity index (χ0) is 13.7. The Morgan fingerprint density at radius 2 is 2.11 bits per heavy atom. The van der Waals surface area contributed by atoms with Crippen molar-refractivity contribution in [2.24, 2.45) is 0 Å². The minimum absolute atomic E-state index is 0.00906. The molecule has 1 amide bonds. The molecule has 5 heteroatoms. The molecule has 0 saturated carbocycles. The molecule has 1 aliphatic rings. The number of hydrogen-bond donors (Lipinski definition) is 2. The monoisotopic (exact) mass is 279 g/mol. The van der Waals surface area contributed by atoms with Crippen molar-refractivity contribution in [1.82, 2.24) is 5.32 Å². The number of carbonyl (C=O) groups excluding carboxylic acids is 1. The zero-order valence-corrected chi connectivity index (χ0v) is 11.4. The molecule has 1 aromatic rings. The van der Waals surface area contributed by atoms with Crippen LogP contribution in [0.1, 0.15) is 24.3 Å². The third-order valence-electron chi connectivity index (χ3n) is 3.20. The third kappa shape index (κ3) is 3.73. The van der Waals surface area contributed by atoms with Crippen molar-refractivity contribution in [3.05, 3.63) is 35.9 Å². The lowest BCUT2D eigenvalue weighted by Gasteiger charge is -2.15. The Hall–Kier alpha value is -1.49. The van der Waals surface area contributed by atoms with Crippen LogP contribution in [0, 0.1) is 0 Å². The Morgan fingerprint density at radius 3 is 2.68 bits per heavy atom. The van der Waals surface area contributed by atoms with Crippen LogP contribution in [0.2, 0.25) is 0 Å². The first kappa shape index (κ1) is 13.9. The largest absolute Gasteiger partial charge is 0.481 e.